The summed E-state index contributed by atoms with van der Waals surface area (Å²) in [6.45, 7) is 12.5. The van der Waals surface area contributed by atoms with Crippen LogP contribution in [0.25, 0.3) is 0 Å². The van der Waals surface area contributed by atoms with Crippen molar-refractivity contribution in [2.45, 2.75) is 25.8 Å². The molecule has 2 heterocycles. The van der Waals surface area contributed by atoms with E-state index in [1.54, 1.807) is 0 Å². The Balaban J connectivity index is 1.71. The summed E-state index contributed by atoms with van der Waals surface area (Å²) in [7, 11) is 0. The van der Waals surface area contributed by atoms with E-state index < -0.39 is 0 Å². The van der Waals surface area contributed by atoms with Crippen LogP contribution in [0.2, 0.25) is 0 Å². The van der Waals surface area contributed by atoms with Crippen molar-refractivity contribution in [2.75, 3.05) is 59.0 Å². The van der Waals surface area contributed by atoms with Crippen molar-refractivity contribution in [3.05, 3.63) is 0 Å². The van der Waals surface area contributed by atoms with E-state index in [0.717, 1.165) is 32.3 Å². The second kappa shape index (κ2) is 7.31. The average Bonchev–Trinajstić information content (AvgIpc) is 2.35. The number of ether oxygens (including phenoxy) is 1. The van der Waals surface area contributed by atoms with Crippen molar-refractivity contribution in [3.8, 4) is 0 Å². The molecule has 0 aromatic heterocycles. The molecule has 0 spiro atoms. The molecule has 0 aliphatic carbocycles. The highest BCUT2D eigenvalue weighted by Gasteiger charge is 2.17. The van der Waals surface area contributed by atoms with Crippen molar-refractivity contribution < 1.29 is 4.74 Å². The number of hydrogen-bond donors (Lipinski definition) is 1. The lowest BCUT2D eigenvalue weighted by atomic mass is 10.1. The molecule has 0 saturated carbocycles. The van der Waals surface area contributed by atoms with Crippen LogP contribution in [0.3, 0.4) is 0 Å². The van der Waals surface area contributed by atoms with Gasteiger partial charge in [-0.15, -0.1) is 0 Å². The molecule has 2 aliphatic heterocycles. The van der Waals surface area contributed by atoms with Crippen LogP contribution >= 0.6 is 0 Å². The van der Waals surface area contributed by atoms with Crippen LogP contribution in [0.1, 0.15) is 19.8 Å². The Morgan fingerprint density at radius 3 is 2.76 bits per heavy atom. The first-order valence-electron chi connectivity index (χ1n) is 7.11. The Morgan fingerprint density at radius 2 is 1.94 bits per heavy atom. The molecule has 0 amide bonds. The number of rotatable bonds is 3. The first-order chi connectivity index (χ1) is 8.36. The fourth-order valence-corrected chi connectivity index (χ4v) is 2.67. The molecule has 0 bridgehead atoms. The molecule has 4 heteroatoms. The Hall–Kier alpha value is -0.160. The summed E-state index contributed by atoms with van der Waals surface area (Å²) >= 11 is 0. The van der Waals surface area contributed by atoms with Crippen molar-refractivity contribution >= 4 is 0 Å². The maximum atomic E-state index is 5.39. The second-order valence-corrected chi connectivity index (χ2v) is 5.23. The molecule has 100 valence electrons. The summed E-state index contributed by atoms with van der Waals surface area (Å²) in [4.78, 5) is 5.20. The first-order valence-corrected chi connectivity index (χ1v) is 7.11. The van der Waals surface area contributed by atoms with E-state index in [1.807, 2.05) is 0 Å². The van der Waals surface area contributed by atoms with Crippen LogP contribution in [0.4, 0.5) is 0 Å². The zero-order valence-corrected chi connectivity index (χ0v) is 11.2. The molecule has 1 N–H and O–H groups in total. The van der Waals surface area contributed by atoms with Crippen LogP contribution in [-0.2, 0) is 4.74 Å². The van der Waals surface area contributed by atoms with Gasteiger partial charge in [0.05, 0.1) is 13.2 Å². The normalized spacial score (nSPS) is 29.8. The Kier molecular flexibility index (Phi) is 5.71. The van der Waals surface area contributed by atoms with E-state index in [4.69, 9.17) is 4.74 Å². The summed E-state index contributed by atoms with van der Waals surface area (Å²) in [6.07, 6.45) is 2.57. The van der Waals surface area contributed by atoms with Crippen molar-refractivity contribution in [1.29, 1.82) is 0 Å². The standard InChI is InChI=1S/C13H27N3O/c1-13-3-5-14-4-2-6-16(13)8-7-15-9-11-17-12-10-15/h13-14H,2-12H2,1H3. The lowest BCUT2D eigenvalue weighted by molar-refractivity contribution is 0.0306. The lowest BCUT2D eigenvalue weighted by Gasteiger charge is -2.34. The number of nitrogens with one attached hydrogen (secondary N) is 1. The molecule has 2 saturated heterocycles. The Bertz CT molecular complexity index is 207. The largest absolute Gasteiger partial charge is 0.379 e. The van der Waals surface area contributed by atoms with Crippen molar-refractivity contribution in [2.24, 2.45) is 0 Å². The third-order valence-corrected chi connectivity index (χ3v) is 3.97. The third kappa shape index (κ3) is 4.54. The Morgan fingerprint density at radius 1 is 1.12 bits per heavy atom. The SMILES string of the molecule is CC1CCNCCCN1CCN1CCOCC1. The first kappa shape index (κ1) is 13.3. The summed E-state index contributed by atoms with van der Waals surface area (Å²) in [5, 5.41) is 3.49. The van der Waals surface area contributed by atoms with Gasteiger partial charge in [0.15, 0.2) is 0 Å². The topological polar surface area (TPSA) is 27.7 Å². The van der Waals surface area contributed by atoms with Crippen LogP contribution in [0.15, 0.2) is 0 Å². The van der Waals surface area contributed by atoms with Crippen LogP contribution < -0.4 is 5.32 Å². The molecular formula is C13H27N3O. The summed E-state index contributed by atoms with van der Waals surface area (Å²) < 4.78 is 5.39. The lowest BCUT2D eigenvalue weighted by Crippen LogP contribution is -2.46. The monoisotopic (exact) mass is 241 g/mol. The minimum Gasteiger partial charge on any atom is -0.379 e. The fourth-order valence-electron chi connectivity index (χ4n) is 2.67. The number of morpholine rings is 1. The highest BCUT2D eigenvalue weighted by Crippen LogP contribution is 2.07. The molecule has 2 aliphatic rings. The van der Waals surface area contributed by atoms with Gasteiger partial charge in [0.2, 0.25) is 0 Å². The number of hydrogen-bond acceptors (Lipinski definition) is 4. The molecule has 17 heavy (non-hydrogen) atoms. The van der Waals surface area contributed by atoms with Gasteiger partial charge >= 0.3 is 0 Å². The molecule has 1 atom stereocenters. The van der Waals surface area contributed by atoms with Crippen LogP contribution in [0.5, 0.6) is 0 Å². The van der Waals surface area contributed by atoms with Gasteiger partial charge < -0.3 is 10.1 Å². The summed E-state index contributed by atoms with van der Waals surface area (Å²) in [5.74, 6) is 0. The molecule has 0 aromatic carbocycles. The summed E-state index contributed by atoms with van der Waals surface area (Å²) in [6, 6.07) is 0.726. The molecule has 1 unspecified atom stereocenters. The Labute approximate surface area is 105 Å². The zero-order valence-electron chi connectivity index (χ0n) is 11.2. The molecule has 0 aromatic rings. The third-order valence-electron chi connectivity index (χ3n) is 3.97. The van der Waals surface area contributed by atoms with Gasteiger partial charge in [-0.2, -0.15) is 0 Å². The predicted octanol–water partition coefficient (Wildman–Crippen LogP) is 0.393. The quantitative estimate of drug-likeness (QED) is 0.774. The minimum atomic E-state index is 0.726. The second-order valence-electron chi connectivity index (χ2n) is 5.23. The summed E-state index contributed by atoms with van der Waals surface area (Å²) in [5.41, 5.74) is 0. The van der Waals surface area contributed by atoms with E-state index in [-0.39, 0.29) is 0 Å². The highest BCUT2D eigenvalue weighted by atomic mass is 16.5. The van der Waals surface area contributed by atoms with E-state index in [2.05, 4.69) is 22.0 Å². The van der Waals surface area contributed by atoms with Crippen molar-refractivity contribution in [1.82, 2.24) is 15.1 Å². The van der Waals surface area contributed by atoms with Crippen LogP contribution in [0, 0.1) is 0 Å². The molecular weight excluding hydrogens is 214 g/mol. The van der Waals surface area contributed by atoms with Gasteiger partial charge in [0, 0.05) is 32.2 Å². The van der Waals surface area contributed by atoms with E-state index in [9.17, 15) is 0 Å². The smallest absolute Gasteiger partial charge is 0.0594 e. The zero-order chi connectivity index (χ0) is 11.9. The maximum absolute atomic E-state index is 5.39. The molecule has 2 fully saturated rings. The van der Waals surface area contributed by atoms with Gasteiger partial charge in [0.25, 0.3) is 0 Å². The average molecular weight is 241 g/mol. The van der Waals surface area contributed by atoms with E-state index in [1.165, 1.54) is 45.6 Å². The van der Waals surface area contributed by atoms with Gasteiger partial charge in [0.1, 0.15) is 0 Å². The van der Waals surface area contributed by atoms with Crippen molar-refractivity contribution in [3.63, 3.8) is 0 Å². The van der Waals surface area contributed by atoms with Gasteiger partial charge in [-0.05, 0) is 39.4 Å². The highest BCUT2D eigenvalue weighted by molar-refractivity contribution is 4.74. The van der Waals surface area contributed by atoms with E-state index in [0.29, 0.717) is 0 Å². The van der Waals surface area contributed by atoms with E-state index >= 15 is 0 Å². The van der Waals surface area contributed by atoms with Gasteiger partial charge in [-0.3, -0.25) is 9.80 Å². The minimum absolute atomic E-state index is 0.726. The van der Waals surface area contributed by atoms with Gasteiger partial charge in [-0.25, -0.2) is 0 Å². The maximum Gasteiger partial charge on any atom is 0.0594 e. The fraction of sp³-hybridized carbons (Fsp3) is 1.00. The number of nitrogens with zero attached hydrogens (tertiary/aromatic N) is 2. The molecule has 0 radical (unpaired) electrons. The van der Waals surface area contributed by atoms with Crippen LogP contribution in [-0.4, -0.2) is 74.9 Å². The molecule has 2 rings (SSSR count). The molecule has 4 nitrogen and oxygen atoms in total. The van der Waals surface area contributed by atoms with Gasteiger partial charge in [-0.1, -0.05) is 0 Å². The predicted molar refractivity (Wildman–Crippen MR) is 70.4 cm³/mol.